The fourth-order valence-electron chi connectivity index (χ4n) is 3.01. The number of carbonyl (C=O) groups is 2. The van der Waals surface area contributed by atoms with Crippen molar-refractivity contribution in [2.75, 3.05) is 12.1 Å². The second-order valence-corrected chi connectivity index (χ2v) is 8.97. The number of halogens is 2. The molecule has 6 nitrogen and oxygen atoms in total. The van der Waals surface area contributed by atoms with E-state index < -0.39 is 5.92 Å². The highest BCUT2D eigenvalue weighted by Crippen LogP contribution is 2.35. The van der Waals surface area contributed by atoms with Gasteiger partial charge in [-0.15, -0.1) is 0 Å². The van der Waals surface area contributed by atoms with Crippen molar-refractivity contribution in [3.8, 4) is 0 Å². The van der Waals surface area contributed by atoms with Crippen LogP contribution in [0.5, 0.6) is 0 Å². The predicted octanol–water partition coefficient (Wildman–Crippen LogP) is 5.22. The van der Waals surface area contributed by atoms with Crippen molar-refractivity contribution in [1.29, 1.82) is 0 Å². The van der Waals surface area contributed by atoms with Crippen molar-refractivity contribution in [1.82, 2.24) is 4.90 Å². The lowest BCUT2D eigenvalue weighted by Gasteiger charge is -2.12. The molecule has 4 rings (SSSR count). The van der Waals surface area contributed by atoms with Crippen LogP contribution in [0.1, 0.15) is 6.92 Å². The number of hydrogen-bond acceptors (Lipinski definition) is 5. The number of aliphatic imine (C=N–C) groups is 1. The SMILES string of the molecule is CC1=NN(c2ccccc2)C(=O)[C@@H]1/C=C1\SC(=Nc2ccc(Br)c(Cl)c2)N(C)C1=O. The summed E-state index contributed by atoms with van der Waals surface area (Å²) in [5.74, 6) is -0.986. The Kier molecular flexibility index (Phi) is 5.81. The van der Waals surface area contributed by atoms with Gasteiger partial charge in [0.2, 0.25) is 0 Å². The number of hydrazone groups is 1. The van der Waals surface area contributed by atoms with E-state index in [1.807, 2.05) is 30.3 Å². The van der Waals surface area contributed by atoms with Gasteiger partial charge in [-0.25, -0.2) is 4.99 Å². The molecule has 2 aromatic rings. The first kappa shape index (κ1) is 20.8. The summed E-state index contributed by atoms with van der Waals surface area (Å²) in [5, 5.41) is 6.82. The van der Waals surface area contributed by atoms with Crippen LogP contribution in [0.25, 0.3) is 0 Å². The largest absolute Gasteiger partial charge is 0.290 e. The zero-order valence-electron chi connectivity index (χ0n) is 16.0. The molecule has 2 aliphatic heterocycles. The molecule has 0 N–H and O–H groups in total. The summed E-state index contributed by atoms with van der Waals surface area (Å²) in [5.41, 5.74) is 1.97. The molecule has 1 saturated heterocycles. The number of anilines is 1. The van der Waals surface area contributed by atoms with Crippen molar-refractivity contribution in [3.63, 3.8) is 0 Å². The maximum Gasteiger partial charge on any atom is 0.266 e. The lowest BCUT2D eigenvalue weighted by atomic mass is 10.0. The van der Waals surface area contributed by atoms with E-state index in [9.17, 15) is 9.59 Å². The second-order valence-electron chi connectivity index (χ2n) is 6.69. The molecular formula is C21H16BrClN4O2S. The molecular weight excluding hydrogens is 488 g/mol. The Morgan fingerprint density at radius 1 is 1.20 bits per heavy atom. The van der Waals surface area contributed by atoms with E-state index in [1.54, 1.807) is 38.2 Å². The zero-order chi connectivity index (χ0) is 21.4. The lowest BCUT2D eigenvalue weighted by Crippen LogP contribution is -2.27. The molecule has 0 aromatic heterocycles. The minimum Gasteiger partial charge on any atom is -0.290 e. The highest BCUT2D eigenvalue weighted by Gasteiger charge is 2.37. The van der Waals surface area contributed by atoms with E-state index in [0.717, 1.165) is 4.47 Å². The first-order valence-electron chi connectivity index (χ1n) is 9.00. The Balaban J connectivity index is 1.59. The minimum atomic E-state index is -0.591. The van der Waals surface area contributed by atoms with Gasteiger partial charge in [-0.1, -0.05) is 29.8 Å². The van der Waals surface area contributed by atoms with E-state index in [1.165, 1.54) is 21.7 Å². The predicted molar refractivity (Wildman–Crippen MR) is 125 cm³/mol. The molecule has 2 aliphatic rings. The van der Waals surface area contributed by atoms with Crippen LogP contribution < -0.4 is 5.01 Å². The van der Waals surface area contributed by atoms with Crippen LogP contribution in [-0.2, 0) is 9.59 Å². The van der Waals surface area contributed by atoms with Crippen molar-refractivity contribution < 1.29 is 9.59 Å². The van der Waals surface area contributed by atoms with Gasteiger partial charge in [0.1, 0.15) is 0 Å². The standard InChI is InChI=1S/C21H16BrClN4O2S/c1-12-15(19(28)27(25-12)14-6-4-3-5-7-14)11-18-20(29)26(2)21(30-18)24-13-8-9-16(22)17(23)10-13/h3-11,15H,1-2H3/b18-11-,24-21?/t15-/m1/s1. The average molecular weight is 504 g/mol. The number of amides is 2. The molecule has 0 saturated carbocycles. The molecule has 2 heterocycles. The van der Waals surface area contributed by atoms with Gasteiger partial charge in [-0.05, 0) is 71.0 Å². The van der Waals surface area contributed by atoms with Gasteiger partial charge in [0.05, 0.1) is 32.9 Å². The van der Waals surface area contributed by atoms with Gasteiger partial charge in [-0.2, -0.15) is 10.1 Å². The number of likely N-dealkylation sites (N-methyl/N-ethyl adjacent to an activating group) is 1. The normalized spacial score (nSPS) is 21.9. The molecule has 9 heteroatoms. The quantitative estimate of drug-likeness (QED) is 0.540. The van der Waals surface area contributed by atoms with Crippen LogP contribution in [0, 0.1) is 5.92 Å². The molecule has 0 radical (unpaired) electrons. The summed E-state index contributed by atoms with van der Waals surface area (Å²) in [6.07, 6.45) is 1.67. The van der Waals surface area contributed by atoms with E-state index in [4.69, 9.17) is 11.6 Å². The van der Waals surface area contributed by atoms with E-state index in [0.29, 0.717) is 32.2 Å². The van der Waals surface area contributed by atoms with Crippen molar-refractivity contribution in [2.45, 2.75) is 6.92 Å². The topological polar surface area (TPSA) is 65.3 Å². The Bertz CT molecular complexity index is 1130. The van der Waals surface area contributed by atoms with E-state index in [2.05, 4.69) is 26.0 Å². The summed E-state index contributed by atoms with van der Waals surface area (Å²) in [6, 6.07) is 14.5. The first-order chi connectivity index (χ1) is 14.3. The number of amidine groups is 1. The molecule has 0 spiro atoms. The third-order valence-electron chi connectivity index (χ3n) is 4.63. The molecule has 0 aliphatic carbocycles. The van der Waals surface area contributed by atoms with Gasteiger partial charge in [-0.3, -0.25) is 14.5 Å². The van der Waals surface area contributed by atoms with Crippen molar-refractivity contribution in [2.24, 2.45) is 16.0 Å². The third kappa shape index (κ3) is 3.95. The van der Waals surface area contributed by atoms with Gasteiger partial charge >= 0.3 is 0 Å². The van der Waals surface area contributed by atoms with Crippen LogP contribution in [0.4, 0.5) is 11.4 Å². The Hall–Kier alpha value is -2.42. The number of carbonyl (C=O) groups excluding carboxylic acids is 2. The maximum atomic E-state index is 12.9. The number of para-hydroxylation sites is 1. The highest BCUT2D eigenvalue weighted by atomic mass is 79.9. The Labute approximate surface area is 191 Å². The van der Waals surface area contributed by atoms with Crippen LogP contribution in [0.3, 0.4) is 0 Å². The summed E-state index contributed by atoms with van der Waals surface area (Å²) in [4.78, 5) is 32.1. The number of benzene rings is 2. The lowest BCUT2D eigenvalue weighted by molar-refractivity contribution is -0.121. The van der Waals surface area contributed by atoms with E-state index in [-0.39, 0.29) is 11.8 Å². The van der Waals surface area contributed by atoms with E-state index >= 15 is 0 Å². The maximum absolute atomic E-state index is 12.9. The van der Waals surface area contributed by atoms with Crippen LogP contribution in [0.2, 0.25) is 5.02 Å². The molecule has 0 bridgehead atoms. The van der Waals surface area contributed by atoms with Gasteiger partial charge in [0, 0.05) is 11.5 Å². The molecule has 30 heavy (non-hydrogen) atoms. The third-order valence-corrected chi connectivity index (χ3v) is 6.94. The highest BCUT2D eigenvalue weighted by molar-refractivity contribution is 9.10. The van der Waals surface area contributed by atoms with Gasteiger partial charge in [0.15, 0.2) is 5.17 Å². The number of nitrogens with zero attached hydrogens (tertiary/aromatic N) is 4. The monoisotopic (exact) mass is 502 g/mol. The number of hydrogen-bond donors (Lipinski definition) is 0. The smallest absolute Gasteiger partial charge is 0.266 e. The van der Waals surface area contributed by atoms with Crippen LogP contribution in [-0.4, -0.2) is 34.6 Å². The van der Waals surface area contributed by atoms with Crippen LogP contribution in [0.15, 0.2) is 74.1 Å². The number of thioether (sulfide) groups is 1. The second kappa shape index (κ2) is 8.37. The summed E-state index contributed by atoms with van der Waals surface area (Å²) in [7, 11) is 1.66. The summed E-state index contributed by atoms with van der Waals surface area (Å²) < 4.78 is 0.773. The fraction of sp³-hybridized carbons (Fsp3) is 0.143. The Morgan fingerprint density at radius 3 is 2.63 bits per heavy atom. The summed E-state index contributed by atoms with van der Waals surface area (Å²) in [6.45, 7) is 1.79. The van der Waals surface area contributed by atoms with Crippen molar-refractivity contribution in [3.05, 3.63) is 69.0 Å². The van der Waals surface area contributed by atoms with Crippen molar-refractivity contribution >= 4 is 73.4 Å². The molecule has 2 amide bonds. The van der Waals surface area contributed by atoms with Crippen LogP contribution >= 0.6 is 39.3 Å². The fourth-order valence-corrected chi connectivity index (χ4v) is 4.43. The molecule has 1 fully saturated rings. The minimum absolute atomic E-state index is 0.188. The molecule has 2 aromatic carbocycles. The molecule has 1 atom stereocenters. The van der Waals surface area contributed by atoms with Gasteiger partial charge in [0.25, 0.3) is 11.8 Å². The Morgan fingerprint density at radius 2 is 1.93 bits per heavy atom. The molecule has 0 unspecified atom stereocenters. The number of rotatable bonds is 3. The molecule has 152 valence electrons. The summed E-state index contributed by atoms with van der Waals surface area (Å²) >= 11 is 10.7. The average Bonchev–Trinajstić information content (AvgIpc) is 3.17. The van der Waals surface area contributed by atoms with Gasteiger partial charge < -0.3 is 0 Å². The zero-order valence-corrected chi connectivity index (χ0v) is 19.2. The first-order valence-corrected chi connectivity index (χ1v) is 11.0.